The highest BCUT2D eigenvalue weighted by atomic mass is 16.5. The second-order valence-electron chi connectivity index (χ2n) is 4.30. The minimum atomic E-state index is -0.232. The first-order chi connectivity index (χ1) is 9.76. The van der Waals surface area contributed by atoms with Gasteiger partial charge in [-0.2, -0.15) is 0 Å². The van der Waals surface area contributed by atoms with Crippen LogP contribution in [0.4, 0.5) is 10.5 Å². The van der Waals surface area contributed by atoms with Crippen LogP contribution in [0, 0.1) is 0 Å². The molecule has 1 aromatic carbocycles. The molecule has 5 heteroatoms. The molecule has 0 saturated heterocycles. The van der Waals surface area contributed by atoms with Gasteiger partial charge < -0.3 is 20.1 Å². The summed E-state index contributed by atoms with van der Waals surface area (Å²) >= 11 is 0. The molecule has 0 radical (unpaired) electrons. The van der Waals surface area contributed by atoms with Gasteiger partial charge in [0, 0.05) is 18.8 Å². The second kappa shape index (κ2) is 10.1. The molecule has 0 spiro atoms. The lowest BCUT2D eigenvalue weighted by atomic mass is 10.3. The number of hydrogen-bond acceptors (Lipinski definition) is 3. The van der Waals surface area contributed by atoms with Gasteiger partial charge in [-0.3, -0.25) is 0 Å². The van der Waals surface area contributed by atoms with Gasteiger partial charge in [0.05, 0.1) is 13.2 Å². The highest BCUT2D eigenvalue weighted by Crippen LogP contribution is 2.15. The molecule has 1 rings (SSSR count). The van der Waals surface area contributed by atoms with Gasteiger partial charge in [-0.15, -0.1) is 0 Å². The zero-order valence-electron chi connectivity index (χ0n) is 12.3. The Hall–Kier alpha value is -1.75. The summed E-state index contributed by atoms with van der Waals surface area (Å²) in [6.07, 6.45) is 2.16. The summed E-state index contributed by atoms with van der Waals surface area (Å²) in [7, 11) is 0. The van der Waals surface area contributed by atoms with Crippen LogP contribution in [0.3, 0.4) is 0 Å². The van der Waals surface area contributed by atoms with E-state index in [9.17, 15) is 4.79 Å². The first-order valence-electron chi connectivity index (χ1n) is 7.11. The van der Waals surface area contributed by atoms with Crippen molar-refractivity contribution in [3.63, 3.8) is 0 Å². The minimum Gasteiger partial charge on any atom is -0.494 e. The molecule has 0 heterocycles. The molecule has 2 N–H and O–H groups in total. The Morgan fingerprint density at radius 3 is 2.55 bits per heavy atom. The van der Waals surface area contributed by atoms with Crippen molar-refractivity contribution in [2.45, 2.75) is 26.7 Å². The molecule has 112 valence electrons. The standard InChI is InChI=1S/C15H24N2O3/c1-3-5-11-20-14-8-6-13(7-9-14)17-15(18)16-10-12-19-4-2/h6-9H,3-5,10-12H2,1-2H3,(H2,16,17,18). The summed E-state index contributed by atoms with van der Waals surface area (Å²) in [5.74, 6) is 0.820. The molecule has 0 aliphatic carbocycles. The zero-order chi connectivity index (χ0) is 14.6. The van der Waals surface area contributed by atoms with Crippen molar-refractivity contribution in [2.24, 2.45) is 0 Å². The Kier molecular flexibility index (Phi) is 8.22. The third-order valence-corrected chi connectivity index (χ3v) is 2.61. The predicted octanol–water partition coefficient (Wildman–Crippen LogP) is 3.02. The van der Waals surface area contributed by atoms with Crippen LogP contribution < -0.4 is 15.4 Å². The van der Waals surface area contributed by atoms with Gasteiger partial charge in [0.25, 0.3) is 0 Å². The maximum atomic E-state index is 11.6. The molecule has 20 heavy (non-hydrogen) atoms. The fraction of sp³-hybridized carbons (Fsp3) is 0.533. The quantitative estimate of drug-likeness (QED) is 0.684. The molecule has 2 amide bonds. The largest absolute Gasteiger partial charge is 0.494 e. The average molecular weight is 280 g/mol. The molecule has 0 aromatic heterocycles. The summed E-state index contributed by atoms with van der Waals surface area (Å²) in [6, 6.07) is 7.12. The van der Waals surface area contributed by atoms with Crippen LogP contribution in [0.1, 0.15) is 26.7 Å². The Morgan fingerprint density at radius 2 is 1.90 bits per heavy atom. The number of unbranched alkanes of at least 4 members (excludes halogenated alkanes) is 1. The van der Waals surface area contributed by atoms with Crippen molar-refractivity contribution < 1.29 is 14.3 Å². The van der Waals surface area contributed by atoms with Crippen LogP contribution in [-0.2, 0) is 4.74 Å². The molecular formula is C15H24N2O3. The maximum Gasteiger partial charge on any atom is 0.319 e. The number of benzene rings is 1. The lowest BCUT2D eigenvalue weighted by Gasteiger charge is -2.09. The van der Waals surface area contributed by atoms with Crippen LogP contribution in [0.25, 0.3) is 0 Å². The van der Waals surface area contributed by atoms with E-state index in [1.807, 2.05) is 31.2 Å². The van der Waals surface area contributed by atoms with E-state index in [4.69, 9.17) is 9.47 Å². The zero-order valence-corrected chi connectivity index (χ0v) is 12.3. The average Bonchev–Trinajstić information content (AvgIpc) is 2.46. The number of amides is 2. The van der Waals surface area contributed by atoms with E-state index in [0.29, 0.717) is 19.8 Å². The van der Waals surface area contributed by atoms with Gasteiger partial charge in [-0.05, 0) is 37.6 Å². The summed E-state index contributed by atoms with van der Waals surface area (Å²) in [5, 5.41) is 5.47. The van der Waals surface area contributed by atoms with Gasteiger partial charge in [0.1, 0.15) is 5.75 Å². The first kappa shape index (κ1) is 16.3. The Labute approximate surface area is 120 Å². The molecule has 0 bridgehead atoms. The van der Waals surface area contributed by atoms with E-state index >= 15 is 0 Å². The van der Waals surface area contributed by atoms with Gasteiger partial charge >= 0.3 is 6.03 Å². The lowest BCUT2D eigenvalue weighted by molar-refractivity contribution is 0.150. The van der Waals surface area contributed by atoms with E-state index in [2.05, 4.69) is 17.6 Å². The van der Waals surface area contributed by atoms with Gasteiger partial charge in [-0.1, -0.05) is 13.3 Å². The fourth-order valence-corrected chi connectivity index (χ4v) is 1.53. The molecule has 0 fully saturated rings. The number of ether oxygens (including phenoxy) is 2. The number of rotatable bonds is 9. The highest BCUT2D eigenvalue weighted by molar-refractivity contribution is 5.89. The van der Waals surface area contributed by atoms with Crippen LogP contribution >= 0.6 is 0 Å². The molecule has 0 atom stereocenters. The van der Waals surface area contributed by atoms with Crippen molar-refractivity contribution in [3.05, 3.63) is 24.3 Å². The Bertz CT molecular complexity index is 379. The third kappa shape index (κ3) is 6.99. The number of nitrogens with one attached hydrogen (secondary N) is 2. The lowest BCUT2D eigenvalue weighted by Crippen LogP contribution is -2.31. The Balaban J connectivity index is 2.27. The van der Waals surface area contributed by atoms with Crippen molar-refractivity contribution >= 4 is 11.7 Å². The van der Waals surface area contributed by atoms with Gasteiger partial charge in [0.2, 0.25) is 0 Å². The Morgan fingerprint density at radius 1 is 1.15 bits per heavy atom. The normalized spacial score (nSPS) is 10.1. The summed E-state index contributed by atoms with van der Waals surface area (Å²) in [4.78, 5) is 11.6. The van der Waals surface area contributed by atoms with E-state index in [1.54, 1.807) is 0 Å². The smallest absolute Gasteiger partial charge is 0.319 e. The molecule has 0 aliphatic rings. The third-order valence-electron chi connectivity index (χ3n) is 2.61. The highest BCUT2D eigenvalue weighted by Gasteiger charge is 2.01. The SMILES string of the molecule is CCCCOc1ccc(NC(=O)NCCOCC)cc1. The summed E-state index contributed by atoms with van der Waals surface area (Å²) < 4.78 is 10.7. The number of anilines is 1. The maximum absolute atomic E-state index is 11.6. The first-order valence-corrected chi connectivity index (χ1v) is 7.11. The van der Waals surface area contributed by atoms with Crippen molar-refractivity contribution in [3.8, 4) is 5.75 Å². The van der Waals surface area contributed by atoms with Crippen LogP contribution in [-0.4, -0.2) is 32.4 Å². The summed E-state index contributed by atoms with van der Waals surface area (Å²) in [5.41, 5.74) is 0.738. The monoisotopic (exact) mass is 280 g/mol. The fourth-order valence-electron chi connectivity index (χ4n) is 1.53. The summed E-state index contributed by atoms with van der Waals surface area (Å²) in [6.45, 7) is 6.45. The number of carbonyl (C=O) groups is 1. The number of urea groups is 1. The predicted molar refractivity (Wildman–Crippen MR) is 80.4 cm³/mol. The molecule has 1 aromatic rings. The van der Waals surface area contributed by atoms with Crippen molar-refractivity contribution in [2.75, 3.05) is 31.7 Å². The van der Waals surface area contributed by atoms with Crippen LogP contribution in [0.15, 0.2) is 24.3 Å². The molecular weight excluding hydrogens is 256 g/mol. The molecule has 0 aliphatic heterocycles. The topological polar surface area (TPSA) is 59.6 Å². The number of carbonyl (C=O) groups excluding carboxylic acids is 1. The number of hydrogen-bond donors (Lipinski definition) is 2. The molecule has 0 saturated carbocycles. The van der Waals surface area contributed by atoms with Crippen LogP contribution in [0.2, 0.25) is 0 Å². The molecule has 0 unspecified atom stereocenters. The van der Waals surface area contributed by atoms with Gasteiger partial charge in [0.15, 0.2) is 0 Å². The minimum absolute atomic E-state index is 0.232. The van der Waals surface area contributed by atoms with E-state index < -0.39 is 0 Å². The second-order valence-corrected chi connectivity index (χ2v) is 4.30. The van der Waals surface area contributed by atoms with Crippen molar-refractivity contribution in [1.29, 1.82) is 0 Å². The van der Waals surface area contributed by atoms with E-state index in [-0.39, 0.29) is 6.03 Å². The van der Waals surface area contributed by atoms with E-state index in [1.165, 1.54) is 0 Å². The van der Waals surface area contributed by atoms with E-state index in [0.717, 1.165) is 30.9 Å². The van der Waals surface area contributed by atoms with Crippen molar-refractivity contribution in [1.82, 2.24) is 5.32 Å². The van der Waals surface area contributed by atoms with Crippen LogP contribution in [0.5, 0.6) is 5.75 Å². The molecule has 5 nitrogen and oxygen atoms in total. The van der Waals surface area contributed by atoms with Gasteiger partial charge in [-0.25, -0.2) is 4.79 Å².